The number of carbonyl (C=O) groups is 1. The highest BCUT2D eigenvalue weighted by atomic mass is 16.1. The van der Waals surface area contributed by atoms with Crippen LogP contribution in [0.1, 0.15) is 11.3 Å². The number of pyridine rings is 1. The molecule has 2 N–H and O–H groups in total. The number of nitrogens with zero attached hydrogens (tertiary/aromatic N) is 1. The highest BCUT2D eigenvalue weighted by Gasteiger charge is 2.11. The maximum absolute atomic E-state index is 12.5. The summed E-state index contributed by atoms with van der Waals surface area (Å²) >= 11 is 0. The largest absolute Gasteiger partial charge is 0.361 e. The first kappa shape index (κ1) is 14.5. The van der Waals surface area contributed by atoms with Gasteiger partial charge < -0.3 is 10.3 Å². The molecule has 0 spiro atoms. The predicted octanol–water partition coefficient (Wildman–Crippen LogP) is 4.21. The molecule has 0 aliphatic rings. The number of fused-ring (bicyclic) bond motifs is 2. The Morgan fingerprint density at radius 1 is 1.08 bits per heavy atom. The van der Waals surface area contributed by atoms with Crippen LogP contribution in [-0.4, -0.2) is 15.9 Å². The number of anilines is 1. The Morgan fingerprint density at radius 3 is 2.88 bits per heavy atom. The molecule has 4 heteroatoms. The minimum Gasteiger partial charge on any atom is -0.361 e. The number of rotatable bonds is 3. The van der Waals surface area contributed by atoms with Crippen LogP contribution in [0.4, 0.5) is 5.69 Å². The van der Waals surface area contributed by atoms with Gasteiger partial charge in [0.25, 0.3) is 0 Å². The van der Waals surface area contributed by atoms with Crippen molar-refractivity contribution in [1.29, 1.82) is 0 Å². The third-order valence-corrected chi connectivity index (χ3v) is 4.16. The van der Waals surface area contributed by atoms with Crippen LogP contribution in [0, 0.1) is 6.92 Å². The maximum Gasteiger partial charge on any atom is 0.228 e. The van der Waals surface area contributed by atoms with Crippen LogP contribution in [0.2, 0.25) is 0 Å². The summed E-state index contributed by atoms with van der Waals surface area (Å²) in [5.41, 5.74) is 4.54. The Hall–Kier alpha value is -3.14. The van der Waals surface area contributed by atoms with E-state index in [1.165, 1.54) is 0 Å². The number of aromatic nitrogens is 2. The van der Waals surface area contributed by atoms with Crippen molar-refractivity contribution in [3.63, 3.8) is 0 Å². The summed E-state index contributed by atoms with van der Waals surface area (Å²) < 4.78 is 0. The number of H-pyrrole nitrogens is 1. The van der Waals surface area contributed by atoms with E-state index < -0.39 is 0 Å². The van der Waals surface area contributed by atoms with Gasteiger partial charge in [-0.15, -0.1) is 0 Å². The van der Waals surface area contributed by atoms with E-state index in [-0.39, 0.29) is 5.91 Å². The standard InChI is InChI=1S/C20H17N3O/c1-13-9-10-14-5-4-8-18(20(14)22-13)23-19(24)11-15-12-21-17-7-3-2-6-16(15)17/h2-10,12,21H,11H2,1H3,(H,23,24). The molecule has 4 rings (SSSR count). The molecule has 0 aliphatic heterocycles. The molecule has 0 atom stereocenters. The maximum atomic E-state index is 12.5. The molecule has 0 saturated carbocycles. The number of amides is 1. The van der Waals surface area contributed by atoms with Gasteiger partial charge in [0.1, 0.15) is 0 Å². The van der Waals surface area contributed by atoms with Crippen LogP contribution in [-0.2, 0) is 11.2 Å². The summed E-state index contributed by atoms with van der Waals surface area (Å²) in [6.07, 6.45) is 2.22. The second-order valence-corrected chi connectivity index (χ2v) is 5.91. The van der Waals surface area contributed by atoms with Crippen molar-refractivity contribution in [1.82, 2.24) is 9.97 Å². The Bertz CT molecular complexity index is 1050. The molecule has 24 heavy (non-hydrogen) atoms. The number of nitrogens with one attached hydrogen (secondary N) is 2. The van der Waals surface area contributed by atoms with Gasteiger partial charge in [0.15, 0.2) is 0 Å². The van der Waals surface area contributed by atoms with Crippen molar-refractivity contribution in [2.24, 2.45) is 0 Å². The lowest BCUT2D eigenvalue weighted by molar-refractivity contribution is -0.115. The van der Waals surface area contributed by atoms with Crippen molar-refractivity contribution in [2.75, 3.05) is 5.32 Å². The average Bonchev–Trinajstić information content (AvgIpc) is 2.98. The number of para-hydroxylation sites is 2. The lowest BCUT2D eigenvalue weighted by Crippen LogP contribution is -2.14. The van der Waals surface area contributed by atoms with Gasteiger partial charge in [0.05, 0.1) is 17.6 Å². The van der Waals surface area contributed by atoms with Crippen LogP contribution < -0.4 is 5.32 Å². The molecule has 0 fully saturated rings. The van der Waals surface area contributed by atoms with Gasteiger partial charge in [0.2, 0.25) is 5.91 Å². The van der Waals surface area contributed by atoms with Gasteiger partial charge in [-0.25, -0.2) is 0 Å². The van der Waals surface area contributed by atoms with Gasteiger partial charge in [-0.05, 0) is 30.7 Å². The van der Waals surface area contributed by atoms with Gasteiger partial charge in [-0.2, -0.15) is 0 Å². The lowest BCUT2D eigenvalue weighted by Gasteiger charge is -2.08. The van der Waals surface area contributed by atoms with E-state index in [1.54, 1.807) is 0 Å². The molecule has 2 heterocycles. The van der Waals surface area contributed by atoms with Crippen LogP contribution in [0.3, 0.4) is 0 Å². The van der Waals surface area contributed by atoms with Crippen LogP contribution in [0.5, 0.6) is 0 Å². The minimum absolute atomic E-state index is 0.0458. The fourth-order valence-corrected chi connectivity index (χ4v) is 2.99. The van der Waals surface area contributed by atoms with E-state index in [9.17, 15) is 4.79 Å². The highest BCUT2D eigenvalue weighted by Crippen LogP contribution is 2.23. The smallest absolute Gasteiger partial charge is 0.228 e. The summed E-state index contributed by atoms with van der Waals surface area (Å²) in [5.74, 6) is -0.0458. The quantitative estimate of drug-likeness (QED) is 0.595. The number of aromatic amines is 1. The molecule has 0 radical (unpaired) electrons. The molecular weight excluding hydrogens is 298 g/mol. The van der Waals surface area contributed by atoms with Gasteiger partial charge in [-0.1, -0.05) is 36.4 Å². The highest BCUT2D eigenvalue weighted by molar-refractivity contribution is 6.02. The third-order valence-electron chi connectivity index (χ3n) is 4.16. The summed E-state index contributed by atoms with van der Waals surface area (Å²) in [5, 5.41) is 5.10. The van der Waals surface area contributed by atoms with E-state index in [0.29, 0.717) is 6.42 Å². The van der Waals surface area contributed by atoms with E-state index >= 15 is 0 Å². The molecule has 118 valence electrons. The molecule has 1 amide bonds. The lowest BCUT2D eigenvalue weighted by atomic mass is 10.1. The molecule has 0 saturated heterocycles. The first-order chi connectivity index (χ1) is 11.7. The Labute approximate surface area is 139 Å². The number of hydrogen-bond acceptors (Lipinski definition) is 2. The Morgan fingerprint density at radius 2 is 1.96 bits per heavy atom. The van der Waals surface area contributed by atoms with Crippen LogP contribution in [0.15, 0.2) is 60.8 Å². The van der Waals surface area contributed by atoms with Crippen LogP contribution in [0.25, 0.3) is 21.8 Å². The first-order valence-electron chi connectivity index (χ1n) is 7.92. The Balaban J connectivity index is 1.61. The normalized spacial score (nSPS) is 11.0. The molecule has 0 unspecified atom stereocenters. The molecule has 2 aromatic heterocycles. The van der Waals surface area contributed by atoms with Crippen molar-refractivity contribution in [3.8, 4) is 0 Å². The summed E-state index contributed by atoms with van der Waals surface area (Å²) in [4.78, 5) is 20.3. The first-order valence-corrected chi connectivity index (χ1v) is 7.92. The fraction of sp³-hybridized carbons (Fsp3) is 0.100. The number of aryl methyl sites for hydroxylation is 1. The zero-order valence-electron chi connectivity index (χ0n) is 13.3. The third kappa shape index (κ3) is 2.63. The monoisotopic (exact) mass is 315 g/mol. The second-order valence-electron chi connectivity index (χ2n) is 5.91. The number of benzene rings is 2. The summed E-state index contributed by atoms with van der Waals surface area (Å²) in [7, 11) is 0. The number of hydrogen-bond donors (Lipinski definition) is 2. The van der Waals surface area contributed by atoms with Crippen molar-refractivity contribution in [2.45, 2.75) is 13.3 Å². The summed E-state index contributed by atoms with van der Waals surface area (Å²) in [6.45, 7) is 1.95. The average molecular weight is 315 g/mol. The molecule has 4 aromatic rings. The molecular formula is C20H17N3O. The molecule has 4 nitrogen and oxygen atoms in total. The number of carbonyl (C=O) groups excluding carboxylic acids is 1. The van der Waals surface area contributed by atoms with Gasteiger partial charge in [-0.3, -0.25) is 9.78 Å². The predicted molar refractivity (Wildman–Crippen MR) is 97.1 cm³/mol. The molecule has 0 bridgehead atoms. The topological polar surface area (TPSA) is 57.8 Å². The van der Waals surface area contributed by atoms with E-state index in [4.69, 9.17) is 0 Å². The minimum atomic E-state index is -0.0458. The van der Waals surface area contributed by atoms with Crippen molar-refractivity contribution in [3.05, 3.63) is 72.1 Å². The van der Waals surface area contributed by atoms with Gasteiger partial charge in [0, 0.05) is 28.2 Å². The van der Waals surface area contributed by atoms with Gasteiger partial charge >= 0.3 is 0 Å². The molecule has 0 aliphatic carbocycles. The fourth-order valence-electron chi connectivity index (χ4n) is 2.99. The van der Waals surface area contributed by atoms with Crippen molar-refractivity contribution >= 4 is 33.4 Å². The SMILES string of the molecule is Cc1ccc2cccc(NC(=O)Cc3c[nH]c4ccccc34)c2n1. The van der Waals surface area contributed by atoms with Crippen molar-refractivity contribution < 1.29 is 4.79 Å². The molecule has 2 aromatic carbocycles. The van der Waals surface area contributed by atoms with E-state index in [2.05, 4.69) is 15.3 Å². The second kappa shape index (κ2) is 5.81. The Kier molecular flexibility index (Phi) is 3.50. The van der Waals surface area contributed by atoms with E-state index in [1.807, 2.05) is 67.7 Å². The zero-order chi connectivity index (χ0) is 16.5. The van der Waals surface area contributed by atoms with Crippen LogP contribution >= 0.6 is 0 Å². The summed E-state index contributed by atoms with van der Waals surface area (Å²) in [6, 6.07) is 17.8. The zero-order valence-corrected chi connectivity index (χ0v) is 13.3. The van der Waals surface area contributed by atoms with E-state index in [0.717, 1.165) is 38.8 Å².